The van der Waals surface area contributed by atoms with Gasteiger partial charge in [0.15, 0.2) is 0 Å². The van der Waals surface area contributed by atoms with Crippen LogP contribution in [-0.2, 0) is 0 Å². The standard InChI is InChI=1S/C22H20O/c1-17-7-9-20(10-8-17)22(15-16-23)21-13-11-19(12-14-21)18-5-3-2-4-6-18/h2-15,23H,16H2,1H3/b22-15+. The Labute approximate surface area is 137 Å². The SMILES string of the molecule is Cc1ccc(/C(=C\CO)c2ccc(-c3ccccc3)cc2)cc1. The van der Waals surface area contributed by atoms with E-state index in [9.17, 15) is 5.11 Å². The molecule has 114 valence electrons. The number of aryl methyl sites for hydroxylation is 1. The monoisotopic (exact) mass is 300 g/mol. The predicted molar refractivity (Wildman–Crippen MR) is 97.2 cm³/mol. The van der Waals surface area contributed by atoms with Gasteiger partial charge >= 0.3 is 0 Å². The van der Waals surface area contributed by atoms with E-state index in [-0.39, 0.29) is 6.61 Å². The van der Waals surface area contributed by atoms with Gasteiger partial charge in [0.25, 0.3) is 0 Å². The van der Waals surface area contributed by atoms with Gasteiger partial charge in [-0.15, -0.1) is 0 Å². The van der Waals surface area contributed by atoms with Gasteiger partial charge in [0, 0.05) is 0 Å². The van der Waals surface area contributed by atoms with E-state index in [0.717, 1.165) is 16.7 Å². The molecule has 0 aliphatic rings. The summed E-state index contributed by atoms with van der Waals surface area (Å²) in [7, 11) is 0. The maximum Gasteiger partial charge on any atom is 0.0621 e. The van der Waals surface area contributed by atoms with E-state index >= 15 is 0 Å². The van der Waals surface area contributed by atoms with Crippen LogP contribution in [0, 0.1) is 6.92 Å². The number of hydrogen-bond donors (Lipinski definition) is 1. The lowest BCUT2D eigenvalue weighted by molar-refractivity contribution is 0.343. The Bertz CT molecular complexity index is 782. The fraction of sp³-hybridized carbons (Fsp3) is 0.0909. The predicted octanol–water partition coefficient (Wildman–Crippen LogP) is 5.09. The Morgan fingerprint density at radius 1 is 0.739 bits per heavy atom. The normalized spacial score (nSPS) is 11.5. The summed E-state index contributed by atoms with van der Waals surface area (Å²) in [6.45, 7) is 2.11. The first-order chi connectivity index (χ1) is 11.3. The van der Waals surface area contributed by atoms with Gasteiger partial charge in [0.2, 0.25) is 0 Å². The molecule has 0 heterocycles. The molecule has 0 unspecified atom stereocenters. The number of rotatable bonds is 4. The minimum Gasteiger partial charge on any atom is -0.392 e. The molecule has 23 heavy (non-hydrogen) atoms. The van der Waals surface area contributed by atoms with Gasteiger partial charge in [-0.25, -0.2) is 0 Å². The lowest BCUT2D eigenvalue weighted by Gasteiger charge is -2.10. The van der Waals surface area contributed by atoms with Crippen LogP contribution < -0.4 is 0 Å². The topological polar surface area (TPSA) is 20.2 Å². The molecule has 0 aromatic heterocycles. The lowest BCUT2D eigenvalue weighted by atomic mass is 9.95. The average Bonchev–Trinajstić information content (AvgIpc) is 2.62. The molecule has 0 saturated heterocycles. The van der Waals surface area contributed by atoms with Gasteiger partial charge in [0.1, 0.15) is 0 Å². The summed E-state index contributed by atoms with van der Waals surface area (Å²) in [6.07, 6.45) is 1.86. The molecule has 0 aliphatic carbocycles. The third kappa shape index (κ3) is 3.58. The Balaban J connectivity index is 1.95. The quantitative estimate of drug-likeness (QED) is 0.712. The summed E-state index contributed by atoms with van der Waals surface area (Å²) >= 11 is 0. The van der Waals surface area contributed by atoms with Crippen molar-refractivity contribution in [2.75, 3.05) is 6.61 Å². The van der Waals surface area contributed by atoms with Crippen LogP contribution in [0.15, 0.2) is 84.9 Å². The Hall–Kier alpha value is -2.64. The molecule has 0 radical (unpaired) electrons. The molecule has 3 rings (SSSR count). The third-order valence-electron chi connectivity index (χ3n) is 3.96. The highest BCUT2D eigenvalue weighted by Crippen LogP contribution is 2.26. The first-order valence-electron chi connectivity index (χ1n) is 7.82. The van der Waals surface area contributed by atoms with E-state index in [1.807, 2.05) is 24.3 Å². The minimum atomic E-state index is 0.0314. The van der Waals surface area contributed by atoms with Crippen LogP contribution in [0.3, 0.4) is 0 Å². The number of hydrogen-bond acceptors (Lipinski definition) is 1. The van der Waals surface area contributed by atoms with Gasteiger partial charge in [-0.3, -0.25) is 0 Å². The molecule has 0 spiro atoms. The zero-order valence-electron chi connectivity index (χ0n) is 13.2. The van der Waals surface area contributed by atoms with E-state index < -0.39 is 0 Å². The van der Waals surface area contributed by atoms with Crippen molar-refractivity contribution in [3.05, 3.63) is 102 Å². The maximum absolute atomic E-state index is 9.37. The molecule has 0 atom stereocenters. The second-order valence-electron chi connectivity index (χ2n) is 5.61. The maximum atomic E-state index is 9.37. The summed E-state index contributed by atoms with van der Waals surface area (Å²) < 4.78 is 0. The largest absolute Gasteiger partial charge is 0.392 e. The lowest BCUT2D eigenvalue weighted by Crippen LogP contribution is -1.91. The molecular formula is C22H20O. The Kier molecular flexibility index (Phi) is 4.70. The molecule has 0 bridgehead atoms. The second-order valence-corrected chi connectivity index (χ2v) is 5.61. The molecule has 1 nitrogen and oxygen atoms in total. The molecule has 1 N–H and O–H groups in total. The van der Waals surface area contributed by atoms with Crippen LogP contribution in [0.1, 0.15) is 16.7 Å². The summed E-state index contributed by atoms with van der Waals surface area (Å²) in [5.74, 6) is 0. The zero-order valence-corrected chi connectivity index (χ0v) is 13.2. The molecular weight excluding hydrogens is 280 g/mol. The Morgan fingerprint density at radius 3 is 1.83 bits per heavy atom. The van der Waals surface area contributed by atoms with Crippen LogP contribution in [0.5, 0.6) is 0 Å². The van der Waals surface area contributed by atoms with Gasteiger partial charge in [-0.1, -0.05) is 90.5 Å². The van der Waals surface area contributed by atoms with Crippen molar-refractivity contribution < 1.29 is 5.11 Å². The highest BCUT2D eigenvalue weighted by atomic mass is 16.2. The van der Waals surface area contributed by atoms with Crippen LogP contribution >= 0.6 is 0 Å². The summed E-state index contributed by atoms with van der Waals surface area (Å²) in [4.78, 5) is 0. The summed E-state index contributed by atoms with van der Waals surface area (Å²) in [5, 5.41) is 9.37. The van der Waals surface area contributed by atoms with Crippen molar-refractivity contribution >= 4 is 5.57 Å². The fourth-order valence-corrected chi connectivity index (χ4v) is 2.70. The summed E-state index contributed by atoms with van der Waals surface area (Å²) in [6, 6.07) is 27.2. The van der Waals surface area contributed by atoms with Crippen LogP contribution in [-0.4, -0.2) is 11.7 Å². The van der Waals surface area contributed by atoms with E-state index in [1.54, 1.807) is 0 Å². The van der Waals surface area contributed by atoms with Crippen molar-refractivity contribution in [1.29, 1.82) is 0 Å². The average molecular weight is 300 g/mol. The number of benzene rings is 3. The smallest absolute Gasteiger partial charge is 0.0621 e. The number of aliphatic hydroxyl groups is 1. The fourth-order valence-electron chi connectivity index (χ4n) is 2.70. The van der Waals surface area contributed by atoms with E-state index in [0.29, 0.717) is 0 Å². The summed E-state index contributed by atoms with van der Waals surface area (Å²) in [5.41, 5.74) is 6.94. The van der Waals surface area contributed by atoms with Gasteiger partial charge in [-0.2, -0.15) is 0 Å². The van der Waals surface area contributed by atoms with Crippen molar-refractivity contribution in [1.82, 2.24) is 0 Å². The second kappa shape index (κ2) is 7.08. The molecule has 1 heteroatoms. The molecule has 3 aromatic rings. The van der Waals surface area contributed by atoms with Crippen molar-refractivity contribution in [3.63, 3.8) is 0 Å². The highest BCUT2D eigenvalue weighted by Gasteiger charge is 2.05. The van der Waals surface area contributed by atoms with Crippen LogP contribution in [0.4, 0.5) is 0 Å². The van der Waals surface area contributed by atoms with Gasteiger partial charge in [-0.05, 0) is 34.8 Å². The zero-order chi connectivity index (χ0) is 16.1. The molecule has 0 fully saturated rings. The first kappa shape index (κ1) is 15.3. The van der Waals surface area contributed by atoms with Crippen molar-refractivity contribution in [3.8, 4) is 11.1 Å². The van der Waals surface area contributed by atoms with Gasteiger partial charge < -0.3 is 5.11 Å². The first-order valence-corrected chi connectivity index (χ1v) is 7.82. The van der Waals surface area contributed by atoms with Crippen LogP contribution in [0.2, 0.25) is 0 Å². The van der Waals surface area contributed by atoms with Crippen LogP contribution in [0.25, 0.3) is 16.7 Å². The molecule has 0 amide bonds. The van der Waals surface area contributed by atoms with Gasteiger partial charge in [0.05, 0.1) is 6.61 Å². The highest BCUT2D eigenvalue weighted by molar-refractivity contribution is 5.81. The molecule has 3 aromatic carbocycles. The van der Waals surface area contributed by atoms with E-state index in [1.165, 1.54) is 16.7 Å². The Morgan fingerprint density at radius 2 is 1.26 bits per heavy atom. The number of aliphatic hydroxyl groups excluding tert-OH is 1. The van der Waals surface area contributed by atoms with Crippen molar-refractivity contribution in [2.24, 2.45) is 0 Å². The molecule has 0 saturated carbocycles. The minimum absolute atomic E-state index is 0.0314. The van der Waals surface area contributed by atoms with Crippen molar-refractivity contribution in [2.45, 2.75) is 6.92 Å². The third-order valence-corrected chi connectivity index (χ3v) is 3.96. The van der Waals surface area contributed by atoms with E-state index in [4.69, 9.17) is 0 Å². The molecule has 0 aliphatic heterocycles. The van der Waals surface area contributed by atoms with E-state index in [2.05, 4.69) is 67.6 Å².